The van der Waals surface area contributed by atoms with Crippen LogP contribution in [-0.4, -0.2) is 27.3 Å². The van der Waals surface area contributed by atoms with Gasteiger partial charge in [0.05, 0.1) is 17.3 Å². The predicted octanol–water partition coefficient (Wildman–Crippen LogP) is 3.27. The quantitative estimate of drug-likeness (QED) is 0.817. The highest BCUT2D eigenvalue weighted by Gasteiger charge is 2.29. The highest BCUT2D eigenvalue weighted by molar-refractivity contribution is 7.91. The van der Waals surface area contributed by atoms with Gasteiger partial charge in [0.25, 0.3) is 0 Å². The second-order valence-electron chi connectivity index (χ2n) is 6.17. The molecule has 5 heteroatoms. The fraction of sp³-hybridized carbons (Fsp3) is 0.368. The van der Waals surface area contributed by atoms with Gasteiger partial charge in [-0.2, -0.15) is 0 Å². The molecule has 3 rings (SSSR count). The Balaban J connectivity index is 1.50. The molecule has 0 aromatic heterocycles. The summed E-state index contributed by atoms with van der Waals surface area (Å²) in [4.78, 5) is 0.477. The topological polar surface area (TPSA) is 55.4 Å². The highest BCUT2D eigenvalue weighted by Crippen LogP contribution is 2.31. The summed E-state index contributed by atoms with van der Waals surface area (Å²) in [6, 6.07) is 15.4. The van der Waals surface area contributed by atoms with Crippen molar-refractivity contribution in [1.82, 2.24) is 5.32 Å². The summed E-state index contributed by atoms with van der Waals surface area (Å²) in [5, 5.41) is 3.47. The summed E-state index contributed by atoms with van der Waals surface area (Å²) in [6.45, 7) is 3.49. The van der Waals surface area contributed by atoms with Crippen molar-refractivity contribution in [3.63, 3.8) is 0 Å². The van der Waals surface area contributed by atoms with Crippen molar-refractivity contribution >= 4 is 9.84 Å². The highest BCUT2D eigenvalue weighted by atomic mass is 32.2. The lowest BCUT2D eigenvalue weighted by Gasteiger charge is -2.26. The second-order valence-corrected chi connectivity index (χ2v) is 8.24. The normalized spacial score (nSPS) is 18.8. The maximum absolute atomic E-state index is 12.1. The van der Waals surface area contributed by atoms with Crippen molar-refractivity contribution in [3.05, 3.63) is 59.7 Å². The van der Waals surface area contributed by atoms with Gasteiger partial charge in [-0.1, -0.05) is 35.9 Å². The van der Waals surface area contributed by atoms with Crippen molar-refractivity contribution in [2.75, 3.05) is 18.9 Å². The minimum absolute atomic E-state index is 0.101. The van der Waals surface area contributed by atoms with Gasteiger partial charge in [-0.3, -0.25) is 0 Å². The predicted molar refractivity (Wildman–Crippen MR) is 95.1 cm³/mol. The fourth-order valence-corrected chi connectivity index (χ4v) is 4.60. The van der Waals surface area contributed by atoms with Gasteiger partial charge in [-0.15, -0.1) is 0 Å². The Morgan fingerprint density at radius 1 is 1.12 bits per heavy atom. The zero-order chi connectivity index (χ0) is 17.0. The summed E-state index contributed by atoms with van der Waals surface area (Å²) in [7, 11) is -3.11. The lowest BCUT2D eigenvalue weighted by Crippen LogP contribution is -2.30. The molecule has 0 radical (unpaired) electrons. The minimum atomic E-state index is -3.11. The number of hydrogen-bond acceptors (Lipinski definition) is 4. The zero-order valence-corrected chi connectivity index (χ0v) is 14.7. The molecule has 1 aliphatic rings. The Bertz CT molecular complexity index is 785. The molecule has 2 aromatic rings. The molecule has 1 N–H and O–H groups in total. The van der Waals surface area contributed by atoms with E-state index >= 15 is 0 Å². The summed E-state index contributed by atoms with van der Waals surface area (Å²) >= 11 is 0. The lowest BCUT2D eigenvalue weighted by molar-refractivity contribution is 0.304. The molecule has 0 bridgehead atoms. The summed E-state index contributed by atoms with van der Waals surface area (Å²) in [5.41, 5.74) is 2.11. The van der Waals surface area contributed by atoms with Crippen LogP contribution in [0.1, 0.15) is 30.0 Å². The number of nitrogens with one attached hydrogen (secondary N) is 1. The molecule has 1 unspecified atom stereocenters. The largest absolute Gasteiger partial charge is 0.494 e. The molecule has 0 amide bonds. The molecule has 128 valence electrons. The molecule has 24 heavy (non-hydrogen) atoms. The smallest absolute Gasteiger partial charge is 0.178 e. The molecule has 1 aliphatic heterocycles. The molecule has 0 aliphatic carbocycles. The molecule has 1 heterocycles. The van der Waals surface area contributed by atoms with Crippen LogP contribution >= 0.6 is 0 Å². The zero-order valence-electron chi connectivity index (χ0n) is 13.9. The molecule has 2 aromatic carbocycles. The van der Waals surface area contributed by atoms with E-state index in [1.165, 1.54) is 5.56 Å². The first-order chi connectivity index (χ1) is 11.6. The van der Waals surface area contributed by atoms with Crippen LogP contribution < -0.4 is 10.1 Å². The summed E-state index contributed by atoms with van der Waals surface area (Å²) in [6.07, 6.45) is 1.50. The Morgan fingerprint density at radius 3 is 2.67 bits per heavy atom. The third kappa shape index (κ3) is 3.97. The van der Waals surface area contributed by atoms with E-state index in [4.69, 9.17) is 4.74 Å². The van der Waals surface area contributed by atoms with Gasteiger partial charge >= 0.3 is 0 Å². The molecular weight excluding hydrogens is 322 g/mol. The van der Waals surface area contributed by atoms with Crippen LogP contribution in [-0.2, 0) is 9.84 Å². The monoisotopic (exact) mass is 345 g/mol. The number of ether oxygens (including phenoxy) is 1. The van der Waals surface area contributed by atoms with E-state index in [1.807, 2.05) is 36.4 Å². The molecule has 0 spiro atoms. The minimum Gasteiger partial charge on any atom is -0.494 e. The average molecular weight is 345 g/mol. The van der Waals surface area contributed by atoms with Crippen LogP contribution in [0.4, 0.5) is 0 Å². The van der Waals surface area contributed by atoms with E-state index in [2.05, 4.69) is 12.2 Å². The number of benzene rings is 2. The van der Waals surface area contributed by atoms with Gasteiger partial charge in [0.1, 0.15) is 5.75 Å². The third-order valence-corrected chi connectivity index (χ3v) is 6.12. The maximum atomic E-state index is 12.1. The number of rotatable bonds is 6. The molecule has 4 nitrogen and oxygen atoms in total. The number of fused-ring (bicyclic) bond motifs is 1. The van der Waals surface area contributed by atoms with Crippen LogP contribution in [0, 0.1) is 6.92 Å². The van der Waals surface area contributed by atoms with Gasteiger partial charge in [-0.25, -0.2) is 8.42 Å². The average Bonchev–Trinajstić information content (AvgIpc) is 2.58. The second kappa shape index (κ2) is 7.36. The van der Waals surface area contributed by atoms with Crippen LogP contribution in [0.5, 0.6) is 5.75 Å². The molecule has 0 fully saturated rings. The van der Waals surface area contributed by atoms with Crippen molar-refractivity contribution in [3.8, 4) is 5.75 Å². The number of aryl methyl sites for hydroxylation is 1. The lowest BCUT2D eigenvalue weighted by atomic mass is 10.0. The van der Waals surface area contributed by atoms with E-state index in [0.29, 0.717) is 17.9 Å². The first-order valence-corrected chi connectivity index (χ1v) is 9.96. The van der Waals surface area contributed by atoms with Crippen LogP contribution in [0.15, 0.2) is 53.4 Å². The maximum Gasteiger partial charge on any atom is 0.178 e. The fourth-order valence-electron chi connectivity index (χ4n) is 2.98. The molecule has 0 saturated heterocycles. The summed E-state index contributed by atoms with van der Waals surface area (Å²) < 4.78 is 30.0. The molecule has 0 saturated carbocycles. The van der Waals surface area contributed by atoms with E-state index in [0.717, 1.165) is 24.3 Å². The Kier molecular flexibility index (Phi) is 5.21. The van der Waals surface area contributed by atoms with Crippen molar-refractivity contribution < 1.29 is 13.2 Å². The van der Waals surface area contributed by atoms with Crippen LogP contribution in [0.2, 0.25) is 0 Å². The van der Waals surface area contributed by atoms with Crippen LogP contribution in [0.3, 0.4) is 0 Å². The molecule has 1 atom stereocenters. The van der Waals surface area contributed by atoms with Crippen molar-refractivity contribution in [2.45, 2.75) is 30.7 Å². The first-order valence-electron chi connectivity index (χ1n) is 8.31. The van der Waals surface area contributed by atoms with Gasteiger partial charge in [0.15, 0.2) is 9.84 Å². The van der Waals surface area contributed by atoms with Crippen molar-refractivity contribution in [1.29, 1.82) is 0 Å². The number of sulfone groups is 1. The SMILES string of the molecule is Cc1ccc(OCCCNC2CCS(=O)(=O)c3ccccc32)cc1. The molecular formula is C19H23NO3S. The van der Waals surface area contributed by atoms with E-state index in [9.17, 15) is 8.42 Å². The van der Waals surface area contributed by atoms with Gasteiger partial charge in [-0.05, 0) is 50.1 Å². The first kappa shape index (κ1) is 17.0. The van der Waals surface area contributed by atoms with E-state index in [1.54, 1.807) is 12.1 Å². The van der Waals surface area contributed by atoms with Gasteiger partial charge in [0.2, 0.25) is 0 Å². The summed E-state index contributed by atoms with van der Waals surface area (Å²) in [5.74, 6) is 1.09. The number of hydrogen-bond donors (Lipinski definition) is 1. The standard InChI is InChI=1S/C19H23NO3S/c1-15-7-9-16(10-8-15)23-13-4-12-20-18-11-14-24(21,22)19-6-3-2-5-17(18)19/h2-3,5-10,18,20H,4,11-14H2,1H3. The third-order valence-electron chi connectivity index (χ3n) is 4.31. The van der Waals surface area contributed by atoms with Crippen molar-refractivity contribution in [2.24, 2.45) is 0 Å². The van der Waals surface area contributed by atoms with Gasteiger partial charge in [0, 0.05) is 6.04 Å². The van der Waals surface area contributed by atoms with Crippen LogP contribution in [0.25, 0.3) is 0 Å². The van der Waals surface area contributed by atoms with E-state index in [-0.39, 0.29) is 11.8 Å². The van der Waals surface area contributed by atoms with Gasteiger partial charge < -0.3 is 10.1 Å². The Morgan fingerprint density at radius 2 is 1.88 bits per heavy atom. The Labute approximate surface area is 143 Å². The Hall–Kier alpha value is -1.85. The van der Waals surface area contributed by atoms with E-state index < -0.39 is 9.84 Å².